The summed E-state index contributed by atoms with van der Waals surface area (Å²) in [7, 11) is -3.61. The van der Waals surface area contributed by atoms with Gasteiger partial charge in [0.25, 0.3) is 0 Å². The fourth-order valence-electron chi connectivity index (χ4n) is 2.82. The van der Waals surface area contributed by atoms with Crippen molar-refractivity contribution in [2.45, 2.75) is 11.3 Å². The minimum Gasteiger partial charge on any atom is -0.308 e. The van der Waals surface area contributed by atoms with Crippen molar-refractivity contribution >= 4 is 55.0 Å². The lowest BCUT2D eigenvalue weighted by Gasteiger charge is -2.23. The third kappa shape index (κ3) is 6.80. The van der Waals surface area contributed by atoms with Crippen LogP contribution in [-0.4, -0.2) is 27.5 Å². The summed E-state index contributed by atoms with van der Waals surface area (Å²) in [6.07, 6.45) is 0.429. The van der Waals surface area contributed by atoms with Gasteiger partial charge in [0.1, 0.15) is 0 Å². The third-order valence-electron chi connectivity index (χ3n) is 4.38. The van der Waals surface area contributed by atoms with Crippen molar-refractivity contribution in [3.05, 3.63) is 88.4 Å². The molecular weight excluding hydrogens is 502 g/mol. The molecule has 0 spiro atoms. The van der Waals surface area contributed by atoms with Crippen LogP contribution < -0.4 is 14.9 Å². The average molecular weight is 523 g/mol. The number of rotatable bonds is 8. The summed E-state index contributed by atoms with van der Waals surface area (Å²) in [4.78, 5) is 14.6. The molecule has 162 valence electrons. The van der Waals surface area contributed by atoms with Gasteiger partial charge in [-0.3, -0.25) is 4.90 Å². The smallest absolute Gasteiger partial charge is 0.308 e. The van der Waals surface area contributed by atoms with Crippen LogP contribution >= 0.6 is 27.5 Å². The van der Waals surface area contributed by atoms with Crippen LogP contribution in [0.15, 0.2) is 88.2 Å². The van der Waals surface area contributed by atoms with Crippen LogP contribution in [0.2, 0.25) is 5.02 Å². The normalized spacial score (nSPS) is 11.2. The van der Waals surface area contributed by atoms with Crippen LogP contribution in [0.1, 0.15) is 6.42 Å². The Morgan fingerprint density at radius 2 is 1.58 bits per heavy atom. The summed E-state index contributed by atoms with van der Waals surface area (Å²) >= 11 is 9.19. The number of amides is 2. The number of urea groups is 1. The molecule has 0 saturated carbocycles. The molecule has 2 N–H and O–H groups in total. The van der Waals surface area contributed by atoms with Crippen molar-refractivity contribution in [3.8, 4) is 0 Å². The predicted molar refractivity (Wildman–Crippen MR) is 128 cm³/mol. The van der Waals surface area contributed by atoms with Crippen molar-refractivity contribution < 1.29 is 13.2 Å². The Balaban J connectivity index is 1.63. The molecule has 31 heavy (non-hydrogen) atoms. The van der Waals surface area contributed by atoms with Crippen LogP contribution in [0.4, 0.5) is 16.2 Å². The third-order valence-corrected chi connectivity index (χ3v) is 6.64. The zero-order chi connectivity index (χ0) is 22.3. The van der Waals surface area contributed by atoms with Crippen molar-refractivity contribution in [1.82, 2.24) is 4.72 Å². The highest BCUT2D eigenvalue weighted by atomic mass is 79.9. The van der Waals surface area contributed by atoms with Gasteiger partial charge in [0.05, 0.1) is 4.90 Å². The van der Waals surface area contributed by atoms with E-state index in [0.29, 0.717) is 29.4 Å². The highest BCUT2D eigenvalue weighted by Crippen LogP contribution is 2.18. The number of benzene rings is 3. The van der Waals surface area contributed by atoms with E-state index in [0.717, 1.165) is 4.47 Å². The number of hydrogen-bond acceptors (Lipinski definition) is 3. The summed E-state index contributed by atoms with van der Waals surface area (Å²) < 4.78 is 28.2. The molecule has 0 heterocycles. The summed E-state index contributed by atoms with van der Waals surface area (Å²) in [6.45, 7) is 0.516. The minimum absolute atomic E-state index is 0.190. The Labute approximate surface area is 195 Å². The van der Waals surface area contributed by atoms with Crippen molar-refractivity contribution in [2.24, 2.45) is 0 Å². The highest BCUT2D eigenvalue weighted by molar-refractivity contribution is 9.10. The number of para-hydroxylation sites is 1. The molecule has 0 atom stereocenters. The van der Waals surface area contributed by atoms with Gasteiger partial charge in [-0.05, 0) is 67.1 Å². The average Bonchev–Trinajstić information content (AvgIpc) is 2.76. The number of halogens is 2. The fourth-order valence-corrected chi connectivity index (χ4v) is 4.29. The molecular formula is C22H21BrClN3O3S. The van der Waals surface area contributed by atoms with E-state index in [9.17, 15) is 13.2 Å². The summed E-state index contributed by atoms with van der Waals surface area (Å²) in [5.74, 6) is 0. The molecule has 0 bridgehead atoms. The second kappa shape index (κ2) is 10.8. The zero-order valence-electron chi connectivity index (χ0n) is 16.5. The van der Waals surface area contributed by atoms with Gasteiger partial charge in [-0.15, -0.1) is 0 Å². The first-order chi connectivity index (χ1) is 14.8. The molecule has 6 nitrogen and oxygen atoms in total. The van der Waals surface area contributed by atoms with E-state index < -0.39 is 10.0 Å². The molecule has 3 aromatic rings. The van der Waals surface area contributed by atoms with Crippen molar-refractivity contribution in [2.75, 3.05) is 23.3 Å². The van der Waals surface area contributed by atoms with Gasteiger partial charge in [-0.2, -0.15) is 0 Å². The first kappa shape index (κ1) is 23.3. The van der Waals surface area contributed by atoms with Gasteiger partial charge in [-0.25, -0.2) is 17.9 Å². The fraction of sp³-hybridized carbons (Fsp3) is 0.136. The molecule has 9 heteroatoms. The molecule has 2 amide bonds. The van der Waals surface area contributed by atoms with Gasteiger partial charge in [0, 0.05) is 34.0 Å². The molecule has 3 rings (SSSR count). The molecule has 0 unspecified atom stereocenters. The Morgan fingerprint density at radius 3 is 2.23 bits per heavy atom. The van der Waals surface area contributed by atoms with Gasteiger partial charge < -0.3 is 5.32 Å². The Bertz CT molecular complexity index is 1110. The molecule has 0 radical (unpaired) electrons. The lowest BCUT2D eigenvalue weighted by Crippen LogP contribution is -2.37. The summed E-state index contributed by atoms with van der Waals surface area (Å²) in [5, 5.41) is 3.42. The molecule has 0 fully saturated rings. The van der Waals surface area contributed by atoms with E-state index >= 15 is 0 Å². The second-order valence-electron chi connectivity index (χ2n) is 6.63. The van der Waals surface area contributed by atoms with Crippen LogP contribution in [0, 0.1) is 0 Å². The Morgan fingerprint density at radius 1 is 0.935 bits per heavy atom. The van der Waals surface area contributed by atoms with Crippen LogP contribution in [0.25, 0.3) is 0 Å². The highest BCUT2D eigenvalue weighted by Gasteiger charge is 2.17. The molecule has 0 aliphatic rings. The lowest BCUT2D eigenvalue weighted by molar-refractivity contribution is 0.257. The number of anilines is 2. The van der Waals surface area contributed by atoms with E-state index in [4.69, 9.17) is 11.6 Å². The predicted octanol–water partition coefficient (Wildman–Crippen LogP) is 5.51. The maximum absolute atomic E-state index is 12.9. The van der Waals surface area contributed by atoms with E-state index in [-0.39, 0.29) is 17.5 Å². The number of hydrogen-bond donors (Lipinski definition) is 2. The molecule has 0 aromatic heterocycles. The SMILES string of the molecule is O=C(Nc1ccc(Cl)cc1)N(CCCNS(=O)(=O)c1ccc(Br)cc1)c1ccccc1. The van der Waals surface area contributed by atoms with E-state index in [1.54, 1.807) is 41.3 Å². The largest absolute Gasteiger partial charge is 0.326 e. The van der Waals surface area contributed by atoms with Crippen molar-refractivity contribution in [1.29, 1.82) is 0 Å². The second-order valence-corrected chi connectivity index (χ2v) is 9.75. The van der Waals surface area contributed by atoms with Gasteiger partial charge in [0.2, 0.25) is 10.0 Å². The lowest BCUT2D eigenvalue weighted by atomic mass is 10.2. The van der Waals surface area contributed by atoms with Gasteiger partial charge in [-0.1, -0.05) is 45.7 Å². The van der Waals surface area contributed by atoms with Crippen LogP contribution in [0.3, 0.4) is 0 Å². The molecule has 0 aliphatic carbocycles. The van der Waals surface area contributed by atoms with Gasteiger partial charge in [0.15, 0.2) is 0 Å². The summed E-state index contributed by atoms with van der Waals surface area (Å²) in [6, 6.07) is 22.1. The van der Waals surface area contributed by atoms with E-state index in [1.165, 1.54) is 12.1 Å². The summed E-state index contributed by atoms with van der Waals surface area (Å²) in [5.41, 5.74) is 1.33. The quantitative estimate of drug-likeness (QED) is 0.383. The topological polar surface area (TPSA) is 78.5 Å². The molecule has 0 aliphatic heterocycles. The number of nitrogens with one attached hydrogen (secondary N) is 2. The maximum Gasteiger partial charge on any atom is 0.326 e. The molecule has 3 aromatic carbocycles. The van der Waals surface area contributed by atoms with Crippen molar-refractivity contribution in [3.63, 3.8) is 0 Å². The first-order valence-electron chi connectivity index (χ1n) is 9.49. The number of sulfonamides is 1. The van der Waals surface area contributed by atoms with Gasteiger partial charge >= 0.3 is 6.03 Å². The maximum atomic E-state index is 12.9. The molecule has 0 saturated heterocycles. The van der Waals surface area contributed by atoms with Crippen LogP contribution in [0.5, 0.6) is 0 Å². The monoisotopic (exact) mass is 521 g/mol. The first-order valence-corrected chi connectivity index (χ1v) is 12.1. The van der Waals surface area contributed by atoms with E-state index in [2.05, 4.69) is 26.0 Å². The number of carbonyl (C=O) groups excluding carboxylic acids is 1. The number of carbonyl (C=O) groups is 1. The van der Waals surface area contributed by atoms with E-state index in [1.807, 2.05) is 30.3 Å². The van der Waals surface area contributed by atoms with Crippen LogP contribution in [-0.2, 0) is 10.0 Å². The Kier molecular flexibility index (Phi) is 8.09. The standard InChI is InChI=1S/C22H21BrClN3O3S/c23-17-7-13-21(14-8-17)31(29,30)25-15-4-16-27(20-5-2-1-3-6-20)22(28)26-19-11-9-18(24)10-12-19/h1-3,5-14,25H,4,15-16H2,(H,26,28). The minimum atomic E-state index is -3.61. The Hall–Kier alpha value is -2.39. The number of nitrogens with zero attached hydrogens (tertiary/aromatic N) is 1. The zero-order valence-corrected chi connectivity index (χ0v) is 19.6.